The van der Waals surface area contributed by atoms with Crippen molar-refractivity contribution in [2.24, 2.45) is 0 Å². The van der Waals surface area contributed by atoms with E-state index in [0.717, 1.165) is 5.56 Å². The van der Waals surface area contributed by atoms with Crippen LogP contribution < -0.4 is 10.1 Å². The summed E-state index contributed by atoms with van der Waals surface area (Å²) in [6.07, 6.45) is -0.905. The Morgan fingerprint density at radius 3 is 2.42 bits per heavy atom. The third-order valence-corrected chi connectivity index (χ3v) is 2.30. The lowest BCUT2D eigenvalue weighted by Crippen LogP contribution is -2.43. The minimum Gasteiger partial charge on any atom is -0.497 e. The first-order valence-electron chi connectivity index (χ1n) is 5.46. The molecule has 3 N–H and O–H groups in total. The van der Waals surface area contributed by atoms with Crippen molar-refractivity contribution in [3.8, 4) is 5.75 Å². The summed E-state index contributed by atoms with van der Waals surface area (Å²) in [5.41, 5.74) is 0.729. The smallest absolute Gasteiger partial charge is 0.408 e. The zero-order valence-corrected chi connectivity index (χ0v) is 10.3. The van der Waals surface area contributed by atoms with E-state index in [-0.39, 0.29) is 6.61 Å². The predicted octanol–water partition coefficient (Wildman–Crippen LogP) is 0.367. The van der Waals surface area contributed by atoms with E-state index in [1.165, 1.54) is 0 Å². The van der Waals surface area contributed by atoms with Gasteiger partial charge in [-0.2, -0.15) is 0 Å². The fraction of sp³-hybridized carbons (Fsp3) is 0.333. The third kappa shape index (κ3) is 4.84. The van der Waals surface area contributed by atoms with Gasteiger partial charge in [-0.1, -0.05) is 12.1 Å². The topological polar surface area (TPSA) is 105 Å². The van der Waals surface area contributed by atoms with Gasteiger partial charge in [0.15, 0.2) is 6.04 Å². The van der Waals surface area contributed by atoms with Gasteiger partial charge >= 0.3 is 12.1 Å². The number of ether oxygens (including phenoxy) is 2. The number of aliphatic carboxylic acids is 1. The number of alkyl carbamates (subject to hydrolysis) is 1. The Labute approximate surface area is 109 Å². The van der Waals surface area contributed by atoms with Gasteiger partial charge in [-0.15, -0.1) is 0 Å². The average molecular weight is 269 g/mol. The van der Waals surface area contributed by atoms with Crippen LogP contribution in [0.2, 0.25) is 0 Å². The predicted molar refractivity (Wildman–Crippen MR) is 64.8 cm³/mol. The summed E-state index contributed by atoms with van der Waals surface area (Å²) in [4.78, 5) is 21.8. The number of carbonyl (C=O) groups is 2. The highest BCUT2D eigenvalue weighted by Gasteiger charge is 2.19. The molecule has 1 atom stereocenters. The molecule has 0 saturated heterocycles. The molecule has 1 aromatic carbocycles. The Balaban J connectivity index is 2.42. The number of hydrogen-bond donors (Lipinski definition) is 3. The van der Waals surface area contributed by atoms with Crippen LogP contribution in [0.3, 0.4) is 0 Å². The number of benzene rings is 1. The largest absolute Gasteiger partial charge is 0.497 e. The van der Waals surface area contributed by atoms with Crippen LogP contribution in [0, 0.1) is 0 Å². The molecule has 0 aliphatic carbocycles. The first-order chi connectivity index (χ1) is 9.06. The van der Waals surface area contributed by atoms with Crippen molar-refractivity contribution < 1.29 is 29.3 Å². The lowest BCUT2D eigenvalue weighted by atomic mass is 10.2. The molecule has 0 unspecified atom stereocenters. The van der Waals surface area contributed by atoms with Gasteiger partial charge in [-0.3, -0.25) is 0 Å². The maximum atomic E-state index is 11.3. The fourth-order valence-corrected chi connectivity index (χ4v) is 1.24. The van der Waals surface area contributed by atoms with Crippen molar-refractivity contribution in [1.82, 2.24) is 5.32 Å². The molecule has 19 heavy (non-hydrogen) atoms. The van der Waals surface area contributed by atoms with Crippen molar-refractivity contribution in [2.75, 3.05) is 13.7 Å². The first kappa shape index (κ1) is 14.8. The van der Waals surface area contributed by atoms with E-state index in [1.807, 2.05) is 5.32 Å². The third-order valence-electron chi connectivity index (χ3n) is 2.30. The molecule has 0 aromatic heterocycles. The monoisotopic (exact) mass is 269 g/mol. The Morgan fingerprint density at radius 2 is 1.95 bits per heavy atom. The Hall–Kier alpha value is -2.28. The van der Waals surface area contributed by atoms with Gasteiger partial charge in [0, 0.05) is 0 Å². The van der Waals surface area contributed by atoms with Crippen LogP contribution in [-0.2, 0) is 16.1 Å². The minimum atomic E-state index is -1.37. The standard InChI is InChI=1S/C12H15NO6/c1-18-9-4-2-8(3-5-9)7-19-12(17)13-10(6-14)11(15)16/h2-5,10,14H,6-7H2,1H3,(H,13,17)(H,15,16)/t10-/m0/s1. The molecule has 0 spiro atoms. The molecular formula is C12H15NO6. The van der Waals surface area contributed by atoms with Crippen molar-refractivity contribution >= 4 is 12.1 Å². The highest BCUT2D eigenvalue weighted by molar-refractivity contribution is 5.79. The summed E-state index contributed by atoms with van der Waals surface area (Å²) in [6.45, 7) is -0.708. The molecule has 0 bridgehead atoms. The quantitative estimate of drug-likeness (QED) is 0.689. The Morgan fingerprint density at radius 1 is 1.32 bits per heavy atom. The molecule has 1 amide bonds. The van der Waals surface area contributed by atoms with Crippen LogP contribution in [0.5, 0.6) is 5.75 Å². The molecule has 7 nitrogen and oxygen atoms in total. The summed E-state index contributed by atoms with van der Waals surface area (Å²) in [7, 11) is 1.54. The van der Waals surface area contributed by atoms with Crippen LogP contribution >= 0.6 is 0 Å². The number of methoxy groups -OCH3 is 1. The lowest BCUT2D eigenvalue weighted by molar-refractivity contribution is -0.140. The maximum Gasteiger partial charge on any atom is 0.408 e. The number of carbonyl (C=O) groups excluding carboxylic acids is 1. The fourth-order valence-electron chi connectivity index (χ4n) is 1.24. The Bertz CT molecular complexity index is 430. The van der Waals surface area contributed by atoms with Gasteiger partial charge in [0.2, 0.25) is 0 Å². The number of carboxylic acids is 1. The van der Waals surface area contributed by atoms with Crippen molar-refractivity contribution in [1.29, 1.82) is 0 Å². The van der Waals surface area contributed by atoms with E-state index in [2.05, 4.69) is 0 Å². The van der Waals surface area contributed by atoms with Crippen molar-refractivity contribution in [3.63, 3.8) is 0 Å². The van der Waals surface area contributed by atoms with E-state index in [4.69, 9.17) is 19.7 Å². The molecule has 0 aliphatic heterocycles. The number of hydrogen-bond acceptors (Lipinski definition) is 5. The van der Waals surface area contributed by atoms with Crippen LogP contribution in [0.25, 0.3) is 0 Å². The molecule has 1 aromatic rings. The average Bonchev–Trinajstić information content (AvgIpc) is 2.42. The number of aliphatic hydroxyl groups is 1. The van der Waals surface area contributed by atoms with Crippen LogP contribution in [0.1, 0.15) is 5.56 Å². The summed E-state index contributed by atoms with van der Waals surface area (Å²) >= 11 is 0. The van der Waals surface area contributed by atoms with E-state index in [1.54, 1.807) is 31.4 Å². The first-order valence-corrected chi connectivity index (χ1v) is 5.46. The minimum absolute atomic E-state index is 0.00635. The molecule has 0 heterocycles. The molecule has 0 saturated carbocycles. The van der Waals surface area contributed by atoms with E-state index < -0.39 is 24.7 Å². The van der Waals surface area contributed by atoms with Gasteiger partial charge in [0.25, 0.3) is 0 Å². The van der Waals surface area contributed by atoms with Gasteiger partial charge < -0.3 is 25.0 Å². The summed E-state index contributed by atoms with van der Waals surface area (Å²) in [5, 5.41) is 19.4. The number of amides is 1. The van der Waals surface area contributed by atoms with E-state index >= 15 is 0 Å². The molecule has 104 valence electrons. The maximum absolute atomic E-state index is 11.3. The number of nitrogens with one attached hydrogen (secondary N) is 1. The molecule has 0 fully saturated rings. The van der Waals surface area contributed by atoms with Crippen LogP contribution in [0.4, 0.5) is 4.79 Å². The summed E-state index contributed by atoms with van der Waals surface area (Å²) in [5.74, 6) is -0.650. The highest BCUT2D eigenvalue weighted by Crippen LogP contribution is 2.11. The molecule has 1 rings (SSSR count). The number of aliphatic hydroxyl groups excluding tert-OH is 1. The van der Waals surface area contributed by atoms with E-state index in [9.17, 15) is 9.59 Å². The zero-order chi connectivity index (χ0) is 14.3. The normalized spacial score (nSPS) is 11.5. The van der Waals surface area contributed by atoms with E-state index in [0.29, 0.717) is 5.75 Å². The second-order valence-electron chi connectivity index (χ2n) is 3.64. The SMILES string of the molecule is COc1ccc(COC(=O)N[C@@H](CO)C(=O)O)cc1. The summed E-state index contributed by atoms with van der Waals surface area (Å²) in [6, 6.07) is 5.48. The van der Waals surface area contributed by atoms with Crippen molar-refractivity contribution in [2.45, 2.75) is 12.6 Å². The zero-order valence-electron chi connectivity index (χ0n) is 10.3. The molecule has 7 heteroatoms. The second-order valence-corrected chi connectivity index (χ2v) is 3.64. The van der Waals surface area contributed by atoms with Gasteiger partial charge in [0.1, 0.15) is 12.4 Å². The Kier molecular flexibility index (Phi) is 5.62. The lowest BCUT2D eigenvalue weighted by Gasteiger charge is -2.12. The number of rotatable bonds is 6. The second kappa shape index (κ2) is 7.22. The van der Waals surface area contributed by atoms with Gasteiger partial charge in [-0.05, 0) is 17.7 Å². The van der Waals surface area contributed by atoms with Crippen LogP contribution in [-0.4, -0.2) is 42.0 Å². The van der Waals surface area contributed by atoms with Gasteiger partial charge in [-0.25, -0.2) is 9.59 Å². The molecule has 0 radical (unpaired) electrons. The molecule has 0 aliphatic rings. The van der Waals surface area contributed by atoms with Gasteiger partial charge in [0.05, 0.1) is 13.7 Å². The number of carboxylic acid groups (broad SMARTS) is 1. The van der Waals surface area contributed by atoms with Crippen molar-refractivity contribution in [3.05, 3.63) is 29.8 Å². The molecular weight excluding hydrogens is 254 g/mol. The van der Waals surface area contributed by atoms with Crippen LogP contribution in [0.15, 0.2) is 24.3 Å². The summed E-state index contributed by atoms with van der Waals surface area (Å²) < 4.78 is 9.79. The highest BCUT2D eigenvalue weighted by atomic mass is 16.5.